The van der Waals surface area contributed by atoms with Crippen LogP contribution in [0.5, 0.6) is 0 Å². The zero-order chi connectivity index (χ0) is 18.1. The molecule has 0 bridgehead atoms. The second-order valence-corrected chi connectivity index (χ2v) is 7.20. The van der Waals surface area contributed by atoms with Crippen LogP contribution in [0.25, 0.3) is 0 Å². The van der Waals surface area contributed by atoms with E-state index in [4.69, 9.17) is 9.90 Å². The fourth-order valence-corrected chi connectivity index (χ4v) is 4.48. The molecule has 1 N–H and O–H groups in total. The molecule has 5 heteroatoms. The molecule has 3 aromatic carbocycles. The van der Waals surface area contributed by atoms with Crippen molar-refractivity contribution in [1.82, 2.24) is 0 Å². The molecule has 0 radical (unpaired) electrons. The number of hydrogen-bond donors (Lipinski definition) is 1. The highest BCUT2D eigenvalue weighted by atomic mass is 31.1. The van der Waals surface area contributed by atoms with Crippen LogP contribution in [0.1, 0.15) is 0 Å². The molecular weight excluding hydrogens is 341 g/mol. The minimum Gasteiger partial charge on any atom is -0.477 e. The quantitative estimate of drug-likeness (QED) is 0.721. The first-order chi connectivity index (χ1) is 12.1. The van der Waals surface area contributed by atoms with E-state index in [-0.39, 0.29) is 0 Å². The van der Waals surface area contributed by atoms with E-state index >= 15 is 0 Å². The Bertz CT molecular complexity index is 672. The van der Waals surface area contributed by atoms with E-state index in [2.05, 4.69) is 91.0 Å². The summed E-state index contributed by atoms with van der Waals surface area (Å²) in [5.41, 5.74) is 0. The summed E-state index contributed by atoms with van der Waals surface area (Å²) in [6, 6.07) is 32.3. The topological polar surface area (TPSA) is 37.3 Å². The molecule has 0 unspecified atom stereocenters. The van der Waals surface area contributed by atoms with E-state index in [0.29, 0.717) is 0 Å². The molecule has 0 fully saturated rings. The van der Waals surface area contributed by atoms with Gasteiger partial charge in [0, 0.05) is 0 Å². The number of carboxylic acids is 1. The number of halogens is 2. The molecule has 2 nitrogen and oxygen atoms in total. The van der Waals surface area contributed by atoms with E-state index in [1.807, 2.05) is 0 Å². The second kappa shape index (κ2) is 9.65. The van der Waals surface area contributed by atoms with Crippen molar-refractivity contribution in [1.29, 1.82) is 0 Å². The lowest BCUT2D eigenvalue weighted by molar-refractivity contribution is -0.149. The van der Waals surface area contributed by atoms with Gasteiger partial charge in [-0.2, -0.15) is 8.78 Å². The Morgan fingerprint density at radius 1 is 0.680 bits per heavy atom. The molecule has 0 aromatic heterocycles. The first-order valence-electron chi connectivity index (χ1n) is 7.56. The van der Waals surface area contributed by atoms with Gasteiger partial charge in [0.25, 0.3) is 0 Å². The van der Waals surface area contributed by atoms with Crippen LogP contribution in [-0.2, 0) is 4.79 Å². The van der Waals surface area contributed by atoms with E-state index in [1.165, 1.54) is 15.9 Å². The number of alkyl halides is 2. The predicted molar refractivity (Wildman–Crippen MR) is 98.8 cm³/mol. The number of carboxylic acid groups (broad SMARTS) is 1. The second-order valence-electron chi connectivity index (χ2n) is 4.98. The van der Waals surface area contributed by atoms with E-state index in [9.17, 15) is 8.78 Å². The summed E-state index contributed by atoms with van der Waals surface area (Å²) in [6.07, 6.45) is -3.23. The Hall–Kier alpha value is -2.58. The van der Waals surface area contributed by atoms with Gasteiger partial charge in [0.2, 0.25) is 0 Å². The molecule has 0 atom stereocenters. The average Bonchev–Trinajstić information content (AvgIpc) is 2.65. The van der Waals surface area contributed by atoms with E-state index in [0.717, 1.165) is 0 Å². The highest BCUT2D eigenvalue weighted by Crippen LogP contribution is 2.32. The lowest BCUT2D eigenvalue weighted by Crippen LogP contribution is -2.20. The minimum atomic E-state index is -3.23. The number of benzene rings is 3. The predicted octanol–water partition coefficient (Wildman–Crippen LogP) is 3.78. The summed E-state index contributed by atoms with van der Waals surface area (Å²) in [5, 5.41) is 11.4. The van der Waals surface area contributed by atoms with Crippen molar-refractivity contribution in [3.8, 4) is 0 Å². The van der Waals surface area contributed by atoms with Crippen molar-refractivity contribution in [3.05, 3.63) is 91.0 Å². The summed E-state index contributed by atoms with van der Waals surface area (Å²) in [4.78, 5) is 8.95. The number of rotatable bonds is 4. The van der Waals surface area contributed by atoms with Gasteiger partial charge in [-0.15, -0.1) is 0 Å². The third-order valence-electron chi connectivity index (χ3n) is 3.23. The van der Waals surface area contributed by atoms with Crippen molar-refractivity contribution in [2.45, 2.75) is 6.43 Å². The normalized spacial score (nSPS) is 10.2. The van der Waals surface area contributed by atoms with Crippen molar-refractivity contribution in [2.24, 2.45) is 0 Å². The van der Waals surface area contributed by atoms with Crippen molar-refractivity contribution < 1.29 is 18.7 Å². The molecule has 0 saturated heterocycles. The molecule has 25 heavy (non-hydrogen) atoms. The number of carbonyl (C=O) groups is 1. The Balaban J connectivity index is 0.000000326. The fourth-order valence-electron chi connectivity index (χ4n) is 2.18. The maximum absolute atomic E-state index is 10.6. The Morgan fingerprint density at radius 2 is 0.920 bits per heavy atom. The molecule has 0 heterocycles. The van der Waals surface area contributed by atoms with Crippen LogP contribution in [0.3, 0.4) is 0 Å². The van der Waals surface area contributed by atoms with Gasteiger partial charge in [-0.1, -0.05) is 91.0 Å². The van der Waals surface area contributed by atoms with Gasteiger partial charge in [-0.25, -0.2) is 4.79 Å². The molecule has 0 aliphatic carbocycles. The molecule has 3 aromatic rings. The molecule has 3 rings (SSSR count). The van der Waals surface area contributed by atoms with Crippen LogP contribution in [0.4, 0.5) is 8.78 Å². The van der Waals surface area contributed by atoms with Gasteiger partial charge in [-0.05, 0) is 23.8 Å². The summed E-state index contributed by atoms with van der Waals surface area (Å²) in [7, 11) is -0.446. The van der Waals surface area contributed by atoms with Gasteiger partial charge in [0.1, 0.15) is 0 Å². The summed E-state index contributed by atoms with van der Waals surface area (Å²) < 4.78 is 21.1. The highest BCUT2D eigenvalue weighted by molar-refractivity contribution is 7.79. The fraction of sp³-hybridized carbons (Fsp3) is 0.0500. The first-order valence-corrected chi connectivity index (χ1v) is 8.90. The van der Waals surface area contributed by atoms with Crippen LogP contribution in [0.15, 0.2) is 91.0 Å². The van der Waals surface area contributed by atoms with E-state index in [1.54, 1.807) is 0 Å². The smallest absolute Gasteiger partial charge is 0.371 e. The van der Waals surface area contributed by atoms with E-state index < -0.39 is 20.3 Å². The van der Waals surface area contributed by atoms with Crippen LogP contribution in [0.2, 0.25) is 0 Å². The maximum Gasteiger partial charge on any atom is 0.371 e. The van der Waals surface area contributed by atoms with Crippen LogP contribution < -0.4 is 15.9 Å². The van der Waals surface area contributed by atoms with Crippen LogP contribution >= 0.6 is 7.92 Å². The number of hydrogen-bond acceptors (Lipinski definition) is 1. The monoisotopic (exact) mass is 358 g/mol. The van der Waals surface area contributed by atoms with Crippen molar-refractivity contribution >= 4 is 29.8 Å². The lowest BCUT2D eigenvalue weighted by atomic mass is 10.4. The van der Waals surface area contributed by atoms with Gasteiger partial charge in [0.05, 0.1) is 0 Å². The van der Waals surface area contributed by atoms with Crippen LogP contribution in [0, 0.1) is 0 Å². The zero-order valence-corrected chi connectivity index (χ0v) is 14.2. The van der Waals surface area contributed by atoms with Gasteiger partial charge in [0.15, 0.2) is 0 Å². The van der Waals surface area contributed by atoms with Gasteiger partial charge < -0.3 is 5.11 Å². The van der Waals surface area contributed by atoms with Gasteiger partial charge >= 0.3 is 12.4 Å². The maximum atomic E-state index is 10.6. The third-order valence-corrected chi connectivity index (χ3v) is 5.67. The summed E-state index contributed by atoms with van der Waals surface area (Å²) >= 11 is 0. The third kappa shape index (κ3) is 5.77. The molecule has 0 spiro atoms. The Labute approximate surface area is 146 Å². The highest BCUT2D eigenvalue weighted by Gasteiger charge is 2.15. The Kier molecular flexibility index (Phi) is 7.24. The average molecular weight is 358 g/mol. The largest absolute Gasteiger partial charge is 0.477 e. The van der Waals surface area contributed by atoms with Crippen molar-refractivity contribution in [2.75, 3.05) is 0 Å². The SMILES string of the molecule is O=C(O)C(F)F.c1ccc(P(c2ccccc2)c2ccccc2)cc1. The molecule has 0 aliphatic rings. The first kappa shape index (κ1) is 18.8. The Morgan fingerprint density at radius 3 is 1.12 bits per heavy atom. The molecular formula is C20H17F2O2P. The number of aliphatic carboxylic acids is 1. The molecule has 0 aliphatic heterocycles. The summed E-state index contributed by atoms with van der Waals surface area (Å²) in [5.74, 6) is -2.07. The standard InChI is InChI=1S/C18H15P.C2H2F2O2/c1-4-10-16(11-5-1)19(17-12-6-2-7-13-17)18-14-8-3-9-15-18;3-1(4)2(5)6/h1-15H;1H,(H,5,6). The molecule has 0 saturated carbocycles. The molecule has 0 amide bonds. The van der Waals surface area contributed by atoms with Crippen molar-refractivity contribution in [3.63, 3.8) is 0 Å². The zero-order valence-electron chi connectivity index (χ0n) is 13.3. The minimum absolute atomic E-state index is 0.446. The molecule has 128 valence electrons. The van der Waals surface area contributed by atoms with Gasteiger partial charge in [-0.3, -0.25) is 0 Å². The van der Waals surface area contributed by atoms with Crippen LogP contribution in [-0.4, -0.2) is 17.5 Å². The summed E-state index contributed by atoms with van der Waals surface area (Å²) in [6.45, 7) is 0. The lowest BCUT2D eigenvalue weighted by Gasteiger charge is -2.18.